The van der Waals surface area contributed by atoms with E-state index in [0.29, 0.717) is 43.3 Å². The fraction of sp³-hybridized carbons (Fsp3) is 0.920. The minimum absolute atomic E-state index is 0.0828. The van der Waals surface area contributed by atoms with Crippen molar-refractivity contribution >= 4 is 11.8 Å². The van der Waals surface area contributed by atoms with Gasteiger partial charge < -0.3 is 35.0 Å². The van der Waals surface area contributed by atoms with E-state index in [1.165, 1.54) is 0 Å². The monoisotopic (exact) mass is 482 g/mol. The summed E-state index contributed by atoms with van der Waals surface area (Å²) in [5, 5.41) is 50.9. The molecule has 5 rings (SSSR count). The molecule has 13 atom stereocenters. The van der Waals surface area contributed by atoms with Crippen LogP contribution in [0.2, 0.25) is 0 Å². The molecule has 9 nitrogen and oxygen atoms in total. The molecule has 0 aromatic carbocycles. The zero-order valence-electron chi connectivity index (χ0n) is 19.9. The van der Waals surface area contributed by atoms with Crippen LogP contribution < -0.4 is 0 Å². The Hall–Kier alpha value is -1.10. The van der Waals surface area contributed by atoms with Crippen LogP contribution in [0.4, 0.5) is 0 Å². The number of carbonyl (C=O) groups is 2. The highest BCUT2D eigenvalue weighted by Crippen LogP contribution is 2.65. The lowest BCUT2D eigenvalue weighted by molar-refractivity contribution is -0.310. The Morgan fingerprint density at radius 2 is 1.76 bits per heavy atom. The Balaban J connectivity index is 1.29. The number of ketones is 1. The fourth-order valence-corrected chi connectivity index (χ4v) is 8.59. The van der Waals surface area contributed by atoms with Crippen LogP contribution in [0.1, 0.15) is 65.2 Å². The third-order valence-electron chi connectivity index (χ3n) is 10.4. The van der Waals surface area contributed by atoms with Crippen LogP contribution >= 0.6 is 0 Å². The molecule has 0 aromatic rings. The Bertz CT molecular complexity index is 833. The molecule has 0 aromatic heterocycles. The minimum atomic E-state index is -1.74. The maximum Gasteiger partial charge on any atom is 0.335 e. The number of carboxylic acid groups (broad SMARTS) is 1. The predicted octanol–water partition coefficient (Wildman–Crippen LogP) is 0.846. The van der Waals surface area contributed by atoms with Gasteiger partial charge in [0.05, 0.1) is 12.2 Å². The first kappa shape index (κ1) is 24.6. The van der Waals surface area contributed by atoms with Crippen LogP contribution in [-0.4, -0.2) is 80.2 Å². The summed E-state index contributed by atoms with van der Waals surface area (Å²) in [4.78, 5) is 24.0. The molecule has 4 aliphatic carbocycles. The van der Waals surface area contributed by atoms with Gasteiger partial charge in [0.2, 0.25) is 0 Å². The van der Waals surface area contributed by atoms with Crippen molar-refractivity contribution in [3.05, 3.63) is 0 Å². The average Bonchev–Trinajstić information content (AvgIpc) is 3.07. The molecule has 1 saturated heterocycles. The van der Waals surface area contributed by atoms with E-state index in [4.69, 9.17) is 9.47 Å². The Morgan fingerprint density at radius 3 is 2.47 bits per heavy atom. The van der Waals surface area contributed by atoms with Crippen LogP contribution in [0.3, 0.4) is 0 Å². The topological polar surface area (TPSA) is 154 Å². The van der Waals surface area contributed by atoms with Crippen LogP contribution in [0.5, 0.6) is 0 Å². The van der Waals surface area contributed by atoms with Crippen molar-refractivity contribution in [1.82, 2.24) is 0 Å². The molecule has 192 valence electrons. The van der Waals surface area contributed by atoms with Crippen molar-refractivity contribution in [2.24, 2.45) is 34.5 Å². The van der Waals surface area contributed by atoms with Crippen molar-refractivity contribution in [2.45, 2.75) is 108 Å². The zero-order chi connectivity index (χ0) is 24.6. The number of aliphatic hydroxyl groups is 4. The molecule has 1 aliphatic heterocycles. The van der Waals surface area contributed by atoms with Gasteiger partial charge in [-0.1, -0.05) is 13.8 Å². The largest absolute Gasteiger partial charge is 0.479 e. The summed E-state index contributed by atoms with van der Waals surface area (Å²) in [5.41, 5.74) is -0.481. The first-order valence-electron chi connectivity index (χ1n) is 12.8. The maximum atomic E-state index is 12.7. The molecule has 9 heteroatoms. The number of fused-ring (bicyclic) bond motifs is 5. The summed E-state index contributed by atoms with van der Waals surface area (Å²) >= 11 is 0. The summed E-state index contributed by atoms with van der Waals surface area (Å²) in [6.07, 6.45) is -2.58. The number of ether oxygens (including phenoxy) is 2. The molecule has 5 N–H and O–H groups in total. The lowest BCUT2D eigenvalue weighted by Gasteiger charge is -2.61. The van der Waals surface area contributed by atoms with Gasteiger partial charge in [-0.25, -0.2) is 4.79 Å². The second-order valence-electron chi connectivity index (χ2n) is 12.0. The highest BCUT2D eigenvalue weighted by atomic mass is 16.7. The molecule has 34 heavy (non-hydrogen) atoms. The Kier molecular flexibility index (Phi) is 6.14. The molecule has 0 bridgehead atoms. The summed E-state index contributed by atoms with van der Waals surface area (Å²) in [5.74, 6) is -0.0129. The number of aliphatic carboxylic acids is 1. The van der Waals surface area contributed by atoms with Crippen molar-refractivity contribution in [1.29, 1.82) is 0 Å². The lowest BCUT2D eigenvalue weighted by atomic mass is 9.44. The Labute approximate surface area is 199 Å². The van der Waals surface area contributed by atoms with Crippen LogP contribution in [0.25, 0.3) is 0 Å². The van der Waals surface area contributed by atoms with Crippen LogP contribution in [-0.2, 0) is 19.1 Å². The second kappa shape index (κ2) is 8.49. The third-order valence-corrected chi connectivity index (χ3v) is 10.4. The van der Waals surface area contributed by atoms with E-state index >= 15 is 0 Å². The predicted molar refractivity (Wildman–Crippen MR) is 117 cm³/mol. The SMILES string of the molecule is C[C@]12C[C@@H](O)C3C(CC[C@@H]4C[C@@H](O[C@@H]5O[C@H](C(=O)O)[C@@H](O)[C@H](O)[C@H]5O)CC[C@]34C)C1CCC2=O. The van der Waals surface area contributed by atoms with Gasteiger partial charge >= 0.3 is 5.97 Å². The summed E-state index contributed by atoms with van der Waals surface area (Å²) in [6, 6.07) is 0. The molecule has 5 aliphatic rings. The molecule has 1 heterocycles. The van der Waals surface area contributed by atoms with E-state index in [2.05, 4.69) is 13.8 Å². The van der Waals surface area contributed by atoms with Crippen molar-refractivity contribution in [3.63, 3.8) is 0 Å². The third kappa shape index (κ3) is 3.58. The molecule has 4 saturated carbocycles. The standard InChI is InChI=1S/C25H38O9/c1-24-8-7-12(33-23-20(30)18(28)19(29)21(34-23)22(31)32)9-11(24)3-4-13-14-5-6-16(27)25(14,2)10-15(26)17(13)24/h11-15,17-21,23,26,28-30H,3-10H2,1-2H3,(H,31,32)/t11-,12+,13?,14?,15-,17?,18+,19+,20-,21+,23-,24+,25+/m1/s1. The number of Topliss-reactive ketones (excluding diaryl/α,β-unsaturated/α-hetero) is 1. The van der Waals surface area contributed by atoms with E-state index in [1.54, 1.807) is 0 Å². The highest BCUT2D eigenvalue weighted by Gasteiger charge is 2.63. The maximum absolute atomic E-state index is 12.7. The summed E-state index contributed by atoms with van der Waals surface area (Å²) in [6.45, 7) is 4.32. The number of carbonyl (C=O) groups excluding carboxylic acids is 1. The molecule has 5 fully saturated rings. The number of carboxylic acids is 1. The number of rotatable bonds is 3. The number of aliphatic hydroxyl groups excluding tert-OH is 4. The number of hydrogen-bond acceptors (Lipinski definition) is 8. The number of hydrogen-bond donors (Lipinski definition) is 5. The fourth-order valence-electron chi connectivity index (χ4n) is 8.59. The van der Waals surface area contributed by atoms with E-state index in [0.717, 1.165) is 25.7 Å². The van der Waals surface area contributed by atoms with Gasteiger partial charge in [0, 0.05) is 11.8 Å². The van der Waals surface area contributed by atoms with Crippen molar-refractivity contribution in [2.75, 3.05) is 0 Å². The normalized spacial score (nSPS) is 55.2. The quantitative estimate of drug-likeness (QED) is 0.368. The van der Waals surface area contributed by atoms with Gasteiger partial charge in [0.1, 0.15) is 24.1 Å². The van der Waals surface area contributed by atoms with Gasteiger partial charge in [0.25, 0.3) is 0 Å². The van der Waals surface area contributed by atoms with Gasteiger partial charge in [0.15, 0.2) is 12.4 Å². The molecular weight excluding hydrogens is 444 g/mol. The van der Waals surface area contributed by atoms with E-state index in [1.807, 2.05) is 0 Å². The van der Waals surface area contributed by atoms with Crippen molar-refractivity contribution < 1.29 is 44.6 Å². The average molecular weight is 483 g/mol. The molecule has 0 radical (unpaired) electrons. The van der Waals surface area contributed by atoms with Gasteiger partial charge in [-0.05, 0) is 74.0 Å². The Morgan fingerprint density at radius 1 is 1.03 bits per heavy atom. The van der Waals surface area contributed by atoms with Crippen LogP contribution in [0, 0.1) is 34.5 Å². The van der Waals surface area contributed by atoms with Gasteiger partial charge in [-0.2, -0.15) is 0 Å². The summed E-state index contributed by atoms with van der Waals surface area (Å²) in [7, 11) is 0. The van der Waals surface area contributed by atoms with Crippen molar-refractivity contribution in [3.8, 4) is 0 Å². The van der Waals surface area contributed by atoms with Gasteiger partial charge in [-0.3, -0.25) is 4.79 Å². The highest BCUT2D eigenvalue weighted by molar-refractivity contribution is 5.87. The van der Waals surface area contributed by atoms with E-state index < -0.39 is 48.2 Å². The van der Waals surface area contributed by atoms with E-state index in [-0.39, 0.29) is 23.4 Å². The molecular formula is C25H38O9. The first-order valence-corrected chi connectivity index (χ1v) is 12.8. The molecule has 0 spiro atoms. The first-order chi connectivity index (χ1) is 16.0. The summed E-state index contributed by atoms with van der Waals surface area (Å²) < 4.78 is 11.3. The smallest absolute Gasteiger partial charge is 0.335 e. The second-order valence-corrected chi connectivity index (χ2v) is 12.0. The zero-order valence-corrected chi connectivity index (χ0v) is 19.9. The lowest BCUT2D eigenvalue weighted by Crippen LogP contribution is -2.62. The molecule has 3 unspecified atom stereocenters. The molecule has 0 amide bonds. The van der Waals surface area contributed by atoms with Gasteiger partial charge in [-0.15, -0.1) is 0 Å². The minimum Gasteiger partial charge on any atom is -0.479 e. The van der Waals surface area contributed by atoms with E-state index in [9.17, 15) is 35.1 Å². The van der Waals surface area contributed by atoms with Crippen LogP contribution in [0.15, 0.2) is 0 Å².